The summed E-state index contributed by atoms with van der Waals surface area (Å²) in [6, 6.07) is 3.13. The monoisotopic (exact) mass is 292 g/mol. The first-order valence-corrected chi connectivity index (χ1v) is 6.01. The predicted octanol–water partition coefficient (Wildman–Crippen LogP) is -0.402. The Hall–Kier alpha value is -2.97. The van der Waals surface area contributed by atoms with E-state index in [1.165, 1.54) is 19.3 Å². The zero-order chi connectivity index (χ0) is 15.2. The Kier molecular flexibility index (Phi) is 4.44. The number of aromatic nitrogens is 3. The Morgan fingerprint density at radius 1 is 1.43 bits per heavy atom. The van der Waals surface area contributed by atoms with E-state index in [4.69, 9.17) is 4.74 Å². The fourth-order valence-corrected chi connectivity index (χ4v) is 1.46. The number of carbonyl (C=O) groups is 2. The van der Waals surface area contributed by atoms with Gasteiger partial charge in [-0.1, -0.05) is 0 Å². The lowest BCUT2D eigenvalue weighted by Gasteiger charge is -2.05. The van der Waals surface area contributed by atoms with Crippen LogP contribution >= 0.6 is 0 Å². The van der Waals surface area contributed by atoms with Crippen LogP contribution in [0.25, 0.3) is 0 Å². The second kappa shape index (κ2) is 6.46. The number of hydrogen-bond donors (Lipinski definition) is 1. The van der Waals surface area contributed by atoms with Crippen molar-refractivity contribution >= 4 is 11.9 Å². The molecule has 2 rings (SSSR count). The van der Waals surface area contributed by atoms with Crippen LogP contribution in [0.15, 0.2) is 29.2 Å². The zero-order valence-electron chi connectivity index (χ0n) is 11.1. The van der Waals surface area contributed by atoms with Crippen molar-refractivity contribution in [3.63, 3.8) is 0 Å². The van der Waals surface area contributed by atoms with Gasteiger partial charge in [-0.2, -0.15) is 0 Å². The summed E-state index contributed by atoms with van der Waals surface area (Å²) in [7, 11) is 0. The SMILES string of the molecule is Cc1c(C(=O)OCCNC(=O)c2ccncc2)no[n+]1[O-]. The standard InChI is InChI=1S/C12H12N4O5/c1-8-10(15-21-16(8)19)12(18)20-7-6-14-11(17)9-2-4-13-5-3-9/h2-5H,6-7H2,1H3,(H,14,17). The first-order chi connectivity index (χ1) is 10.1. The maximum atomic E-state index is 11.7. The Bertz CT molecular complexity index is 640. The van der Waals surface area contributed by atoms with Gasteiger partial charge in [0.25, 0.3) is 5.91 Å². The molecule has 9 nitrogen and oxygen atoms in total. The summed E-state index contributed by atoms with van der Waals surface area (Å²) in [6.07, 6.45) is 3.00. The Labute approximate surface area is 119 Å². The van der Waals surface area contributed by atoms with Crippen LogP contribution in [-0.2, 0) is 4.74 Å². The van der Waals surface area contributed by atoms with E-state index in [1.807, 2.05) is 0 Å². The van der Waals surface area contributed by atoms with Crippen LogP contribution in [0.2, 0.25) is 0 Å². The number of nitrogens with zero attached hydrogens (tertiary/aromatic N) is 3. The van der Waals surface area contributed by atoms with Crippen molar-refractivity contribution in [1.82, 2.24) is 15.5 Å². The molecule has 0 aliphatic heterocycles. The fourth-order valence-electron chi connectivity index (χ4n) is 1.46. The molecular formula is C12H12N4O5. The summed E-state index contributed by atoms with van der Waals surface area (Å²) < 4.78 is 9.12. The van der Waals surface area contributed by atoms with E-state index in [0.717, 1.165) is 0 Å². The summed E-state index contributed by atoms with van der Waals surface area (Å²) in [5.41, 5.74) is 0.280. The van der Waals surface area contributed by atoms with Crippen LogP contribution in [-0.4, -0.2) is 35.2 Å². The average Bonchev–Trinajstić information content (AvgIpc) is 2.84. The number of carbonyl (C=O) groups excluding carboxylic acids is 2. The maximum Gasteiger partial charge on any atom is 0.389 e. The van der Waals surface area contributed by atoms with Crippen LogP contribution < -0.4 is 10.2 Å². The Morgan fingerprint density at radius 3 is 2.76 bits per heavy atom. The van der Waals surface area contributed by atoms with Gasteiger partial charge in [0.05, 0.1) is 11.7 Å². The van der Waals surface area contributed by atoms with Crippen molar-refractivity contribution in [1.29, 1.82) is 0 Å². The first kappa shape index (κ1) is 14.4. The molecule has 0 saturated heterocycles. The zero-order valence-corrected chi connectivity index (χ0v) is 11.1. The number of rotatable bonds is 5. The average molecular weight is 292 g/mol. The first-order valence-electron chi connectivity index (χ1n) is 6.01. The van der Waals surface area contributed by atoms with E-state index in [0.29, 0.717) is 5.56 Å². The molecule has 0 aliphatic rings. The highest BCUT2D eigenvalue weighted by atomic mass is 16.8. The van der Waals surface area contributed by atoms with Gasteiger partial charge in [-0.25, -0.2) is 4.79 Å². The third-order valence-corrected chi connectivity index (χ3v) is 2.58. The van der Waals surface area contributed by atoms with E-state index in [1.54, 1.807) is 12.1 Å². The van der Waals surface area contributed by atoms with Crippen molar-refractivity contribution in [2.45, 2.75) is 6.92 Å². The van der Waals surface area contributed by atoms with E-state index < -0.39 is 5.97 Å². The van der Waals surface area contributed by atoms with E-state index in [-0.39, 0.29) is 35.3 Å². The molecule has 0 aromatic carbocycles. The molecule has 2 heterocycles. The smallest absolute Gasteiger partial charge is 0.389 e. The quantitative estimate of drug-likeness (QED) is 0.452. The molecule has 1 N–H and O–H groups in total. The number of hydrogen-bond acceptors (Lipinski definition) is 7. The Morgan fingerprint density at radius 2 is 2.14 bits per heavy atom. The highest BCUT2D eigenvalue weighted by molar-refractivity contribution is 5.94. The topological polar surface area (TPSA) is 121 Å². The molecule has 2 aromatic heterocycles. The van der Waals surface area contributed by atoms with Gasteiger partial charge >= 0.3 is 11.7 Å². The molecule has 0 aliphatic carbocycles. The van der Waals surface area contributed by atoms with E-state index in [9.17, 15) is 14.8 Å². The molecule has 0 radical (unpaired) electrons. The molecule has 9 heteroatoms. The molecule has 0 saturated carbocycles. The molecule has 1 amide bonds. The third-order valence-electron chi connectivity index (χ3n) is 2.58. The van der Waals surface area contributed by atoms with E-state index >= 15 is 0 Å². The van der Waals surface area contributed by atoms with Crippen molar-refractivity contribution in [3.8, 4) is 0 Å². The van der Waals surface area contributed by atoms with Gasteiger partial charge in [-0.3, -0.25) is 14.4 Å². The summed E-state index contributed by atoms with van der Waals surface area (Å²) in [5, 5.41) is 16.8. The highest BCUT2D eigenvalue weighted by Gasteiger charge is 2.24. The molecule has 0 fully saturated rings. The summed E-state index contributed by atoms with van der Waals surface area (Å²) in [4.78, 5) is 27.2. The van der Waals surface area contributed by atoms with Crippen molar-refractivity contribution < 1.29 is 23.9 Å². The molecule has 2 aromatic rings. The predicted molar refractivity (Wildman–Crippen MR) is 67.1 cm³/mol. The van der Waals surface area contributed by atoms with Crippen molar-refractivity contribution in [2.75, 3.05) is 13.2 Å². The second-order valence-corrected chi connectivity index (χ2v) is 3.99. The molecule has 21 heavy (non-hydrogen) atoms. The van der Waals surface area contributed by atoms with Gasteiger partial charge in [0.1, 0.15) is 6.61 Å². The highest BCUT2D eigenvalue weighted by Crippen LogP contribution is 2.01. The minimum Gasteiger partial charge on any atom is -0.457 e. The summed E-state index contributed by atoms with van der Waals surface area (Å²) in [5.74, 6) is -1.09. The van der Waals surface area contributed by atoms with Gasteiger partial charge in [0, 0.05) is 24.9 Å². The fraction of sp³-hybridized carbons (Fsp3) is 0.250. The number of pyridine rings is 1. The van der Waals surface area contributed by atoms with Crippen molar-refractivity contribution in [2.24, 2.45) is 0 Å². The number of nitrogens with one attached hydrogen (secondary N) is 1. The second-order valence-electron chi connectivity index (χ2n) is 3.99. The minimum atomic E-state index is -0.788. The van der Waals surface area contributed by atoms with Crippen LogP contribution in [0.3, 0.4) is 0 Å². The van der Waals surface area contributed by atoms with Gasteiger partial charge in [0.2, 0.25) is 5.69 Å². The number of amides is 1. The minimum absolute atomic E-state index is 0.0146. The lowest BCUT2D eigenvalue weighted by Crippen LogP contribution is -2.29. The molecular weight excluding hydrogens is 280 g/mol. The lowest BCUT2D eigenvalue weighted by molar-refractivity contribution is -0.806. The van der Waals surface area contributed by atoms with Crippen molar-refractivity contribution in [3.05, 3.63) is 46.7 Å². The lowest BCUT2D eigenvalue weighted by atomic mass is 10.2. The van der Waals surface area contributed by atoms with Crippen LogP contribution in [0, 0.1) is 12.1 Å². The van der Waals surface area contributed by atoms with E-state index in [2.05, 4.69) is 20.1 Å². The van der Waals surface area contributed by atoms with Gasteiger partial charge < -0.3 is 15.3 Å². The van der Waals surface area contributed by atoms with Gasteiger partial charge in [-0.05, 0) is 17.0 Å². The Balaban J connectivity index is 1.76. The largest absolute Gasteiger partial charge is 0.457 e. The van der Waals surface area contributed by atoms with Crippen LogP contribution in [0.4, 0.5) is 0 Å². The molecule has 0 spiro atoms. The number of esters is 1. The molecule has 110 valence electrons. The number of ether oxygens (including phenoxy) is 1. The van der Waals surface area contributed by atoms with Gasteiger partial charge in [0.15, 0.2) is 0 Å². The summed E-state index contributed by atoms with van der Waals surface area (Å²) in [6.45, 7) is 1.45. The maximum absolute atomic E-state index is 11.7. The van der Waals surface area contributed by atoms with Crippen LogP contribution in [0.5, 0.6) is 0 Å². The molecule has 0 bridgehead atoms. The van der Waals surface area contributed by atoms with Crippen LogP contribution in [0.1, 0.15) is 26.5 Å². The third kappa shape index (κ3) is 3.53. The normalized spacial score (nSPS) is 10.1. The van der Waals surface area contributed by atoms with Gasteiger partial charge in [-0.15, -0.1) is 0 Å². The molecule has 0 atom stereocenters. The summed E-state index contributed by atoms with van der Waals surface area (Å²) >= 11 is 0. The molecule has 0 unspecified atom stereocenters.